The summed E-state index contributed by atoms with van der Waals surface area (Å²) in [4.78, 5) is 63.3. The van der Waals surface area contributed by atoms with Crippen LogP contribution >= 0.6 is 0 Å². The monoisotopic (exact) mass is 951 g/mol. The van der Waals surface area contributed by atoms with E-state index in [1.165, 1.54) is 44.9 Å². The maximum absolute atomic E-state index is 13.2. The molecule has 12 rings (SSSR count). The average molecular weight is 951 g/mol. The van der Waals surface area contributed by atoms with Crippen molar-refractivity contribution in [2.45, 2.75) is 253 Å². The van der Waals surface area contributed by atoms with E-state index in [9.17, 15) is 29.1 Å². The molecule has 0 radical (unpaired) electrons. The molecule has 1 saturated heterocycles. The third kappa shape index (κ3) is 9.45. The molecule has 8 atom stereocenters. The lowest BCUT2D eigenvalue weighted by Gasteiger charge is -2.61. The Kier molecular flexibility index (Phi) is 13.8. The number of esters is 5. The lowest BCUT2D eigenvalue weighted by molar-refractivity contribution is -0.225. The first-order valence-corrected chi connectivity index (χ1v) is 27.5. The molecule has 12 aliphatic rings. The normalized spacial score (nSPS) is 39.9. The first kappa shape index (κ1) is 51.7. The van der Waals surface area contributed by atoms with Gasteiger partial charge in [0.25, 0.3) is 0 Å². The van der Waals surface area contributed by atoms with Gasteiger partial charge in [-0.15, -0.1) is 0 Å². The molecular formula is C57H90O11. The molecule has 10 bridgehead atoms. The van der Waals surface area contributed by atoms with Crippen LogP contribution in [0.4, 0.5) is 0 Å². The van der Waals surface area contributed by atoms with Gasteiger partial charge in [-0.2, -0.15) is 0 Å². The number of hydrogen-bond acceptors (Lipinski definition) is 11. The van der Waals surface area contributed by atoms with Crippen LogP contribution in [-0.2, 0) is 47.7 Å². The van der Waals surface area contributed by atoms with Crippen LogP contribution in [0.15, 0.2) is 0 Å². The van der Waals surface area contributed by atoms with Crippen LogP contribution in [0.1, 0.15) is 218 Å². The van der Waals surface area contributed by atoms with Crippen molar-refractivity contribution in [2.75, 3.05) is 0 Å². The molecule has 11 nitrogen and oxygen atoms in total. The van der Waals surface area contributed by atoms with Gasteiger partial charge in [-0.25, -0.2) is 0 Å². The summed E-state index contributed by atoms with van der Waals surface area (Å²) < 4.78 is 29.6. The quantitative estimate of drug-likeness (QED) is 0.139. The van der Waals surface area contributed by atoms with Gasteiger partial charge in [-0.1, -0.05) is 27.7 Å². The van der Waals surface area contributed by atoms with Crippen LogP contribution in [0.2, 0.25) is 0 Å². The number of hydrogen-bond donors (Lipinski definition) is 1. The third-order valence-electron chi connectivity index (χ3n) is 20.8. The number of carbonyl (C=O) groups excluding carboxylic acids is 5. The van der Waals surface area contributed by atoms with E-state index in [1.54, 1.807) is 0 Å². The van der Waals surface area contributed by atoms with E-state index >= 15 is 0 Å². The zero-order valence-electron chi connectivity index (χ0n) is 44.2. The minimum absolute atomic E-state index is 0.00857. The molecule has 0 spiro atoms. The second-order valence-corrected chi connectivity index (χ2v) is 27.1. The molecule has 8 unspecified atom stereocenters. The fourth-order valence-corrected chi connectivity index (χ4v) is 15.9. The van der Waals surface area contributed by atoms with E-state index < -0.39 is 46.1 Å². The molecule has 1 aliphatic heterocycles. The highest BCUT2D eigenvalue weighted by molar-refractivity contribution is 5.87. The number of aliphatic hydroxyl groups is 1. The number of ether oxygens (including phenoxy) is 5. The van der Waals surface area contributed by atoms with Crippen LogP contribution in [0, 0.1) is 74.9 Å². The molecule has 11 saturated carbocycles. The van der Waals surface area contributed by atoms with Gasteiger partial charge in [0.05, 0.1) is 33.7 Å². The summed E-state index contributed by atoms with van der Waals surface area (Å²) in [6, 6.07) is 0. The highest BCUT2D eigenvalue weighted by Gasteiger charge is 2.71. The van der Waals surface area contributed by atoms with E-state index in [4.69, 9.17) is 23.7 Å². The van der Waals surface area contributed by atoms with Crippen LogP contribution in [0.5, 0.6) is 0 Å². The first-order chi connectivity index (χ1) is 31.7. The first-order valence-electron chi connectivity index (χ1n) is 27.5. The van der Waals surface area contributed by atoms with E-state index in [1.807, 2.05) is 55.4 Å². The number of rotatable bonds is 13. The molecule has 1 N–H and O–H groups in total. The van der Waals surface area contributed by atoms with Gasteiger partial charge < -0.3 is 28.8 Å². The molecule has 11 aliphatic carbocycles. The maximum Gasteiger partial charge on any atom is 0.312 e. The van der Waals surface area contributed by atoms with Gasteiger partial charge in [0.2, 0.25) is 0 Å². The number of fused-ring (bicyclic) bond motifs is 1. The summed E-state index contributed by atoms with van der Waals surface area (Å²) in [6.07, 6.45) is 20.5. The van der Waals surface area contributed by atoms with E-state index in [2.05, 4.69) is 27.7 Å². The Morgan fingerprint density at radius 2 is 1.13 bits per heavy atom. The second-order valence-electron chi connectivity index (χ2n) is 27.1. The largest absolute Gasteiger partial charge is 0.459 e. The third-order valence-corrected chi connectivity index (χ3v) is 20.8. The summed E-state index contributed by atoms with van der Waals surface area (Å²) in [6.45, 7) is 24.1. The van der Waals surface area contributed by atoms with Crippen molar-refractivity contribution < 1.29 is 52.8 Å². The second kappa shape index (κ2) is 18.1. The summed E-state index contributed by atoms with van der Waals surface area (Å²) in [7, 11) is 0. The average Bonchev–Trinajstić information content (AvgIpc) is 4.01. The van der Waals surface area contributed by atoms with E-state index in [0.717, 1.165) is 88.4 Å². The Balaban J connectivity index is 0.000000141. The molecule has 11 heteroatoms. The molecule has 384 valence electrons. The predicted octanol–water partition coefficient (Wildman–Crippen LogP) is 11.4. The summed E-state index contributed by atoms with van der Waals surface area (Å²) in [5.41, 5.74) is -2.74. The molecule has 1 heterocycles. The highest BCUT2D eigenvalue weighted by Crippen LogP contribution is 2.65. The van der Waals surface area contributed by atoms with Crippen molar-refractivity contribution in [3.63, 3.8) is 0 Å². The summed E-state index contributed by atoms with van der Waals surface area (Å²) >= 11 is 0. The Bertz CT molecular complexity index is 1890. The Morgan fingerprint density at radius 3 is 1.63 bits per heavy atom. The molecule has 68 heavy (non-hydrogen) atoms. The smallest absolute Gasteiger partial charge is 0.312 e. The molecule has 0 aromatic heterocycles. The molecule has 0 aromatic rings. The van der Waals surface area contributed by atoms with Gasteiger partial charge in [0, 0.05) is 23.7 Å². The Morgan fingerprint density at radius 1 is 0.632 bits per heavy atom. The van der Waals surface area contributed by atoms with Crippen molar-refractivity contribution in [3.8, 4) is 0 Å². The van der Waals surface area contributed by atoms with E-state index in [0.29, 0.717) is 31.1 Å². The van der Waals surface area contributed by atoms with Crippen molar-refractivity contribution in [2.24, 2.45) is 74.9 Å². The van der Waals surface area contributed by atoms with Crippen LogP contribution in [0.3, 0.4) is 0 Å². The van der Waals surface area contributed by atoms with Gasteiger partial charge >= 0.3 is 29.8 Å². The van der Waals surface area contributed by atoms with Crippen LogP contribution in [-0.4, -0.2) is 69.6 Å². The minimum atomic E-state index is -0.601. The van der Waals surface area contributed by atoms with Gasteiger partial charge in [-0.3, -0.25) is 24.0 Å². The van der Waals surface area contributed by atoms with Gasteiger partial charge in [-0.05, 0) is 213 Å². The van der Waals surface area contributed by atoms with Crippen molar-refractivity contribution >= 4 is 29.8 Å². The van der Waals surface area contributed by atoms with Gasteiger partial charge in [0.1, 0.15) is 29.0 Å². The highest BCUT2D eigenvalue weighted by atomic mass is 16.6. The standard InChI is InChI=1S/C22H32O6.C19H32O2.C16H26O3/c1-5-21(3,4)20(25)27-17-13-11-12-14(18(23)26-16(12)17)15(13)19(24)28-22(6-2)9-7-8-10-22;1-6-17(2,3)16(20)21-18(4,5)19-10-13-7-14(11-19)9-15(8-13)12-19;1-4-14(2,3)13(17)19-16-8-11-5-12(9-16)7-15(18,6-11)10-16/h12-17H,5-11H2,1-4H3;13-15H,6-12H2,1-5H3;11-12,18H,4-10H2,1-3H3. The zero-order chi connectivity index (χ0) is 49.6. The zero-order valence-corrected chi connectivity index (χ0v) is 44.2. The van der Waals surface area contributed by atoms with Crippen LogP contribution < -0.4 is 0 Å². The minimum Gasteiger partial charge on any atom is -0.459 e. The molecule has 0 amide bonds. The SMILES string of the molecule is CCC(C)(C)C(=O)OC(C)(C)C12CC3CC(CC(C3)C1)C2.CCC(C)(C)C(=O)OC12CC3CC(CC(O)(C3)C1)C2.CCC1(OC(=O)C2C3CC4C(OC(=O)C42)C3OC(=O)C(C)(C)CC)CCCC1. The summed E-state index contributed by atoms with van der Waals surface area (Å²) in [5, 5.41) is 10.6. The van der Waals surface area contributed by atoms with Crippen LogP contribution in [0.25, 0.3) is 0 Å². The fraction of sp³-hybridized carbons (Fsp3) is 0.912. The number of carbonyl (C=O) groups is 5. The summed E-state index contributed by atoms with van der Waals surface area (Å²) in [5.74, 6) is 1.58. The lowest BCUT2D eigenvalue weighted by atomic mass is 9.46. The Hall–Kier alpha value is -2.69. The van der Waals surface area contributed by atoms with Crippen molar-refractivity contribution in [3.05, 3.63) is 0 Å². The molecule has 12 fully saturated rings. The molecular weight excluding hydrogens is 861 g/mol. The van der Waals surface area contributed by atoms with Crippen molar-refractivity contribution in [1.82, 2.24) is 0 Å². The van der Waals surface area contributed by atoms with E-state index in [-0.39, 0.29) is 63.7 Å². The van der Waals surface area contributed by atoms with Crippen molar-refractivity contribution in [1.29, 1.82) is 0 Å². The maximum atomic E-state index is 13.2. The Labute approximate surface area is 408 Å². The van der Waals surface area contributed by atoms with Gasteiger partial charge in [0.15, 0.2) is 0 Å². The lowest BCUT2D eigenvalue weighted by Crippen LogP contribution is -2.61. The fourth-order valence-electron chi connectivity index (χ4n) is 15.9. The predicted molar refractivity (Wildman–Crippen MR) is 257 cm³/mol. The molecule has 0 aromatic carbocycles. The topological polar surface area (TPSA) is 152 Å².